The Kier molecular flexibility index (Phi) is 5.01. The van der Waals surface area contributed by atoms with Crippen molar-refractivity contribution >= 4 is 11.4 Å². The van der Waals surface area contributed by atoms with Crippen molar-refractivity contribution in [3.05, 3.63) is 28.3 Å². The zero-order valence-electron chi connectivity index (χ0n) is 12.3. The Bertz CT molecular complexity index is 496. The number of aliphatic hydroxyl groups is 1. The van der Waals surface area contributed by atoms with Crippen LogP contribution in [0.1, 0.15) is 38.5 Å². The summed E-state index contributed by atoms with van der Waals surface area (Å²) in [6, 6.07) is 4.90. The zero-order chi connectivity index (χ0) is 15.3. The van der Waals surface area contributed by atoms with Crippen molar-refractivity contribution in [2.45, 2.75) is 44.1 Å². The summed E-state index contributed by atoms with van der Waals surface area (Å²) in [5, 5.41) is 24.9. The van der Waals surface area contributed by atoms with Crippen LogP contribution in [0, 0.1) is 10.1 Å². The Morgan fingerprint density at radius 3 is 2.57 bits per heavy atom. The fourth-order valence-corrected chi connectivity index (χ4v) is 2.84. The van der Waals surface area contributed by atoms with E-state index in [0.717, 1.165) is 38.5 Å². The van der Waals surface area contributed by atoms with E-state index < -0.39 is 10.5 Å². The van der Waals surface area contributed by atoms with Crippen LogP contribution in [0.5, 0.6) is 5.75 Å². The predicted octanol–water partition coefficient (Wildman–Crippen LogP) is 3.10. The summed E-state index contributed by atoms with van der Waals surface area (Å²) in [5.41, 5.74) is -0.484. The monoisotopic (exact) mass is 294 g/mol. The van der Waals surface area contributed by atoms with Crippen molar-refractivity contribution in [3.8, 4) is 5.75 Å². The van der Waals surface area contributed by atoms with Gasteiger partial charge in [0.15, 0.2) is 5.75 Å². The third-order valence-corrected chi connectivity index (χ3v) is 4.04. The van der Waals surface area contributed by atoms with E-state index in [1.54, 1.807) is 18.2 Å². The molecule has 0 atom stereocenters. The standard InChI is InChI=1S/C15H22N2O4/c1-21-13-8-6-7-12(14(13)17(19)20)16-11-15(18)9-4-2-3-5-10-15/h6-8,16,18H,2-5,9-11H2,1H3. The third kappa shape index (κ3) is 3.85. The molecule has 2 N–H and O–H groups in total. The summed E-state index contributed by atoms with van der Waals surface area (Å²) in [6.07, 6.45) is 5.75. The molecule has 0 saturated heterocycles. The van der Waals surface area contributed by atoms with E-state index in [1.165, 1.54) is 7.11 Å². The van der Waals surface area contributed by atoms with E-state index >= 15 is 0 Å². The Morgan fingerprint density at radius 2 is 2.00 bits per heavy atom. The van der Waals surface area contributed by atoms with Crippen molar-refractivity contribution < 1.29 is 14.8 Å². The number of nitro benzene ring substituents is 1. The quantitative estimate of drug-likeness (QED) is 0.495. The number of rotatable bonds is 5. The summed E-state index contributed by atoms with van der Waals surface area (Å²) in [4.78, 5) is 10.8. The lowest BCUT2D eigenvalue weighted by Crippen LogP contribution is -2.36. The Balaban J connectivity index is 2.14. The second kappa shape index (κ2) is 6.76. The second-order valence-electron chi connectivity index (χ2n) is 5.61. The molecule has 1 aromatic rings. The molecule has 0 heterocycles. The first kappa shape index (κ1) is 15.6. The lowest BCUT2D eigenvalue weighted by atomic mass is 9.94. The molecule has 1 aromatic carbocycles. The highest BCUT2D eigenvalue weighted by Crippen LogP contribution is 2.35. The highest BCUT2D eigenvalue weighted by molar-refractivity contribution is 5.68. The summed E-state index contributed by atoms with van der Waals surface area (Å²) >= 11 is 0. The van der Waals surface area contributed by atoms with Crippen LogP contribution in [-0.2, 0) is 0 Å². The lowest BCUT2D eigenvalue weighted by molar-refractivity contribution is -0.384. The maximum absolute atomic E-state index is 11.2. The molecule has 0 amide bonds. The molecule has 1 aliphatic carbocycles. The van der Waals surface area contributed by atoms with Gasteiger partial charge in [0.1, 0.15) is 5.69 Å². The Morgan fingerprint density at radius 1 is 1.33 bits per heavy atom. The third-order valence-electron chi connectivity index (χ3n) is 4.04. The minimum Gasteiger partial charge on any atom is -0.490 e. The molecule has 1 fully saturated rings. The van der Waals surface area contributed by atoms with Crippen LogP contribution in [0.15, 0.2) is 18.2 Å². The van der Waals surface area contributed by atoms with Gasteiger partial charge in [-0.05, 0) is 25.0 Å². The van der Waals surface area contributed by atoms with Crippen molar-refractivity contribution in [3.63, 3.8) is 0 Å². The molecule has 0 unspecified atom stereocenters. The summed E-state index contributed by atoms with van der Waals surface area (Å²) in [7, 11) is 1.41. The first-order chi connectivity index (χ1) is 10.1. The normalized spacial score (nSPS) is 17.8. The summed E-state index contributed by atoms with van der Waals surface area (Å²) < 4.78 is 5.04. The van der Waals surface area contributed by atoms with Gasteiger partial charge in [-0.15, -0.1) is 0 Å². The smallest absolute Gasteiger partial charge is 0.333 e. The molecular formula is C15H22N2O4. The molecule has 116 valence electrons. The minimum absolute atomic E-state index is 0.0859. The highest BCUT2D eigenvalue weighted by atomic mass is 16.6. The molecule has 0 spiro atoms. The number of para-hydroxylation sites is 1. The lowest BCUT2D eigenvalue weighted by Gasteiger charge is -2.27. The number of nitro groups is 1. The van der Waals surface area contributed by atoms with Crippen LogP contribution in [0.25, 0.3) is 0 Å². The van der Waals surface area contributed by atoms with E-state index in [2.05, 4.69) is 5.32 Å². The SMILES string of the molecule is COc1cccc(NCC2(O)CCCCCC2)c1[N+](=O)[O-]. The van der Waals surface area contributed by atoms with Gasteiger partial charge in [0.2, 0.25) is 0 Å². The van der Waals surface area contributed by atoms with Gasteiger partial charge >= 0.3 is 5.69 Å². The van der Waals surface area contributed by atoms with Crippen molar-refractivity contribution in [1.82, 2.24) is 0 Å². The number of hydrogen-bond acceptors (Lipinski definition) is 5. The average Bonchev–Trinajstić information content (AvgIpc) is 2.69. The van der Waals surface area contributed by atoms with E-state index in [9.17, 15) is 15.2 Å². The van der Waals surface area contributed by atoms with Crippen molar-refractivity contribution in [2.75, 3.05) is 19.0 Å². The van der Waals surface area contributed by atoms with Gasteiger partial charge in [-0.2, -0.15) is 0 Å². The topological polar surface area (TPSA) is 84.6 Å². The average molecular weight is 294 g/mol. The van der Waals surface area contributed by atoms with Crippen molar-refractivity contribution in [2.24, 2.45) is 0 Å². The van der Waals surface area contributed by atoms with Gasteiger partial charge in [-0.1, -0.05) is 31.7 Å². The van der Waals surface area contributed by atoms with E-state index in [0.29, 0.717) is 12.2 Å². The number of ether oxygens (including phenoxy) is 1. The molecule has 6 nitrogen and oxygen atoms in total. The largest absolute Gasteiger partial charge is 0.490 e. The zero-order valence-corrected chi connectivity index (χ0v) is 12.3. The van der Waals surface area contributed by atoms with Crippen LogP contribution >= 0.6 is 0 Å². The van der Waals surface area contributed by atoms with Gasteiger partial charge < -0.3 is 15.2 Å². The van der Waals surface area contributed by atoms with Gasteiger partial charge in [0.25, 0.3) is 0 Å². The number of benzene rings is 1. The fourth-order valence-electron chi connectivity index (χ4n) is 2.84. The molecule has 0 aliphatic heterocycles. The summed E-state index contributed by atoms with van der Waals surface area (Å²) in [5.74, 6) is 0.220. The number of hydrogen-bond donors (Lipinski definition) is 2. The van der Waals surface area contributed by atoms with Crippen LogP contribution in [-0.4, -0.2) is 29.3 Å². The molecule has 2 rings (SSSR count). The van der Waals surface area contributed by atoms with E-state index in [-0.39, 0.29) is 11.4 Å². The fraction of sp³-hybridized carbons (Fsp3) is 0.600. The number of nitrogens with zero attached hydrogens (tertiary/aromatic N) is 1. The van der Waals surface area contributed by atoms with Gasteiger partial charge in [0, 0.05) is 6.54 Å². The van der Waals surface area contributed by atoms with E-state index in [4.69, 9.17) is 4.74 Å². The second-order valence-corrected chi connectivity index (χ2v) is 5.61. The summed E-state index contributed by atoms with van der Waals surface area (Å²) in [6.45, 7) is 0.320. The first-order valence-electron chi connectivity index (χ1n) is 7.33. The molecule has 1 saturated carbocycles. The molecule has 21 heavy (non-hydrogen) atoms. The van der Waals surface area contributed by atoms with E-state index in [1.807, 2.05) is 0 Å². The Labute approximate surface area is 124 Å². The van der Waals surface area contributed by atoms with Gasteiger partial charge in [0.05, 0.1) is 17.6 Å². The number of anilines is 1. The number of nitrogens with one attached hydrogen (secondary N) is 1. The van der Waals surface area contributed by atoms with Crippen LogP contribution in [0.3, 0.4) is 0 Å². The first-order valence-corrected chi connectivity index (χ1v) is 7.33. The molecule has 0 radical (unpaired) electrons. The van der Waals surface area contributed by atoms with Gasteiger partial charge in [-0.25, -0.2) is 0 Å². The maximum Gasteiger partial charge on any atom is 0.333 e. The van der Waals surface area contributed by atoms with Gasteiger partial charge in [-0.3, -0.25) is 10.1 Å². The minimum atomic E-state index is -0.784. The molecule has 6 heteroatoms. The van der Waals surface area contributed by atoms with Crippen LogP contribution in [0.2, 0.25) is 0 Å². The number of methoxy groups -OCH3 is 1. The molecular weight excluding hydrogens is 272 g/mol. The Hall–Kier alpha value is -1.82. The molecule has 0 aromatic heterocycles. The molecule has 0 bridgehead atoms. The maximum atomic E-state index is 11.2. The van der Waals surface area contributed by atoms with Crippen molar-refractivity contribution in [1.29, 1.82) is 0 Å². The van der Waals surface area contributed by atoms with Crippen LogP contribution < -0.4 is 10.1 Å². The predicted molar refractivity (Wildman–Crippen MR) is 80.8 cm³/mol. The highest BCUT2D eigenvalue weighted by Gasteiger charge is 2.29. The molecule has 1 aliphatic rings. The van der Waals surface area contributed by atoms with Crippen LogP contribution in [0.4, 0.5) is 11.4 Å².